The first-order valence-electron chi connectivity index (χ1n) is 6.42. The Hall–Kier alpha value is -1.10. The molecule has 1 aromatic heterocycles. The molecule has 2 heterocycles. The van der Waals surface area contributed by atoms with E-state index < -0.39 is 0 Å². The fourth-order valence-corrected chi connectivity index (χ4v) is 3.23. The summed E-state index contributed by atoms with van der Waals surface area (Å²) in [5.74, 6) is 3.92. The van der Waals surface area contributed by atoms with Gasteiger partial charge in [0, 0.05) is 18.8 Å². The van der Waals surface area contributed by atoms with E-state index in [-0.39, 0.29) is 0 Å². The van der Waals surface area contributed by atoms with Crippen molar-refractivity contribution in [3.05, 3.63) is 12.1 Å². The van der Waals surface area contributed by atoms with E-state index >= 15 is 0 Å². The van der Waals surface area contributed by atoms with Crippen molar-refractivity contribution in [3.8, 4) is 5.88 Å². The van der Waals surface area contributed by atoms with E-state index in [0.29, 0.717) is 24.2 Å². The Morgan fingerprint density at radius 2 is 2.39 bits per heavy atom. The molecule has 5 heteroatoms. The van der Waals surface area contributed by atoms with Gasteiger partial charge in [-0.1, -0.05) is 6.92 Å². The molecule has 1 aliphatic heterocycles. The second-order valence-corrected chi connectivity index (χ2v) is 5.69. The second-order valence-electron chi connectivity index (χ2n) is 4.54. The van der Waals surface area contributed by atoms with E-state index in [1.165, 1.54) is 17.9 Å². The molecule has 1 aromatic rings. The molecule has 1 aliphatic rings. The van der Waals surface area contributed by atoms with Gasteiger partial charge in [-0.05, 0) is 30.7 Å². The highest BCUT2D eigenvalue weighted by atomic mass is 32.2. The lowest BCUT2D eigenvalue weighted by atomic mass is 10.2. The summed E-state index contributed by atoms with van der Waals surface area (Å²) in [5, 5.41) is 0. The molecule has 0 aromatic carbocycles. The van der Waals surface area contributed by atoms with E-state index in [9.17, 15) is 0 Å². The molecule has 0 spiro atoms. The minimum atomic E-state index is 0.562. The van der Waals surface area contributed by atoms with Crippen molar-refractivity contribution in [3.63, 3.8) is 0 Å². The van der Waals surface area contributed by atoms with Crippen molar-refractivity contribution in [2.75, 3.05) is 35.8 Å². The van der Waals surface area contributed by atoms with Crippen molar-refractivity contribution in [1.29, 1.82) is 0 Å². The van der Waals surface area contributed by atoms with Crippen LogP contribution >= 0.6 is 11.8 Å². The van der Waals surface area contributed by atoms with Crippen molar-refractivity contribution in [2.24, 2.45) is 0 Å². The zero-order valence-corrected chi connectivity index (χ0v) is 11.9. The fraction of sp³-hybridized carbons (Fsp3) is 0.615. The number of rotatable bonds is 5. The molecule has 1 unspecified atom stereocenters. The van der Waals surface area contributed by atoms with Crippen LogP contribution in [-0.2, 0) is 0 Å². The lowest BCUT2D eigenvalue weighted by Gasteiger charge is -2.25. The summed E-state index contributed by atoms with van der Waals surface area (Å²) >= 11 is 2.00. The molecule has 2 rings (SSSR count). The summed E-state index contributed by atoms with van der Waals surface area (Å²) in [4.78, 5) is 6.76. The largest absolute Gasteiger partial charge is 0.476 e. The smallest absolute Gasteiger partial charge is 0.239 e. The van der Waals surface area contributed by atoms with Gasteiger partial charge in [-0.3, -0.25) is 0 Å². The predicted molar refractivity (Wildman–Crippen MR) is 78.6 cm³/mol. The van der Waals surface area contributed by atoms with Gasteiger partial charge in [0.2, 0.25) is 5.88 Å². The quantitative estimate of drug-likeness (QED) is 0.887. The number of hydrogen-bond acceptors (Lipinski definition) is 5. The molecule has 0 aliphatic carbocycles. The number of anilines is 2. The Balaban J connectivity index is 2.12. The zero-order valence-electron chi connectivity index (χ0n) is 11.1. The van der Waals surface area contributed by atoms with Crippen LogP contribution in [0.15, 0.2) is 12.1 Å². The molecule has 0 amide bonds. The molecule has 0 radical (unpaired) electrons. The Bertz CT molecular complexity index is 394. The van der Waals surface area contributed by atoms with Crippen LogP contribution < -0.4 is 15.4 Å². The zero-order chi connectivity index (χ0) is 13.0. The maximum absolute atomic E-state index is 5.87. The highest BCUT2D eigenvalue weighted by molar-refractivity contribution is 7.99. The fourth-order valence-electron chi connectivity index (χ4n) is 1.97. The Labute approximate surface area is 113 Å². The van der Waals surface area contributed by atoms with Gasteiger partial charge in [0.05, 0.1) is 12.3 Å². The summed E-state index contributed by atoms with van der Waals surface area (Å²) in [6.45, 7) is 2.73. The molecule has 100 valence electrons. The van der Waals surface area contributed by atoms with Crippen LogP contribution in [0.1, 0.15) is 19.8 Å². The average Bonchev–Trinajstić information content (AvgIpc) is 2.91. The number of nitrogen functional groups attached to an aromatic ring is 1. The van der Waals surface area contributed by atoms with Gasteiger partial charge in [-0.2, -0.15) is 16.7 Å². The van der Waals surface area contributed by atoms with Crippen molar-refractivity contribution in [2.45, 2.75) is 25.8 Å². The van der Waals surface area contributed by atoms with Crippen LogP contribution in [0.3, 0.4) is 0 Å². The minimum Gasteiger partial charge on any atom is -0.476 e. The summed E-state index contributed by atoms with van der Waals surface area (Å²) in [6, 6.07) is 4.42. The molecule has 0 saturated carbocycles. The standard InChI is InChI=1S/C13H21N3OS/c1-3-7-17-13-11(14)4-5-12(15-13)16(2)10-6-8-18-9-10/h4-5,10H,3,6-9,14H2,1-2H3. The monoisotopic (exact) mass is 267 g/mol. The van der Waals surface area contributed by atoms with E-state index in [4.69, 9.17) is 10.5 Å². The first-order valence-corrected chi connectivity index (χ1v) is 7.57. The number of aromatic nitrogens is 1. The number of ether oxygens (including phenoxy) is 1. The van der Waals surface area contributed by atoms with Crippen molar-refractivity contribution in [1.82, 2.24) is 4.98 Å². The molecule has 1 fully saturated rings. The van der Waals surface area contributed by atoms with Gasteiger partial charge >= 0.3 is 0 Å². The van der Waals surface area contributed by atoms with E-state index in [1.54, 1.807) is 0 Å². The van der Waals surface area contributed by atoms with Gasteiger partial charge in [0.1, 0.15) is 5.82 Å². The summed E-state index contributed by atoms with van der Waals surface area (Å²) in [5.41, 5.74) is 6.49. The van der Waals surface area contributed by atoms with Gasteiger partial charge in [-0.15, -0.1) is 0 Å². The van der Waals surface area contributed by atoms with Crippen molar-refractivity contribution >= 4 is 23.3 Å². The molecule has 1 saturated heterocycles. The Morgan fingerprint density at radius 1 is 1.56 bits per heavy atom. The molecular weight excluding hydrogens is 246 g/mol. The maximum atomic E-state index is 5.87. The second kappa shape index (κ2) is 6.18. The Kier molecular flexibility index (Phi) is 4.58. The van der Waals surface area contributed by atoms with E-state index in [1.807, 2.05) is 23.9 Å². The van der Waals surface area contributed by atoms with Gasteiger partial charge < -0.3 is 15.4 Å². The predicted octanol–water partition coefficient (Wildman–Crippen LogP) is 2.39. The lowest BCUT2D eigenvalue weighted by Crippen LogP contribution is -2.32. The number of nitrogens with zero attached hydrogens (tertiary/aromatic N) is 2. The third-order valence-corrected chi connectivity index (χ3v) is 4.28. The van der Waals surface area contributed by atoms with Crippen LogP contribution in [0, 0.1) is 0 Å². The van der Waals surface area contributed by atoms with Crippen LogP contribution in [0.2, 0.25) is 0 Å². The molecule has 4 nitrogen and oxygen atoms in total. The molecule has 0 bridgehead atoms. The van der Waals surface area contributed by atoms with Gasteiger partial charge in [-0.25, -0.2) is 0 Å². The summed E-state index contributed by atoms with van der Waals surface area (Å²) in [6.07, 6.45) is 2.18. The van der Waals surface area contributed by atoms with E-state index in [2.05, 4.69) is 23.9 Å². The SMILES string of the molecule is CCCOc1nc(N(C)C2CCSC2)ccc1N. The third kappa shape index (κ3) is 3.02. The van der Waals surface area contributed by atoms with Crippen molar-refractivity contribution < 1.29 is 4.74 Å². The third-order valence-electron chi connectivity index (χ3n) is 3.13. The average molecular weight is 267 g/mol. The first-order chi connectivity index (χ1) is 8.72. The van der Waals surface area contributed by atoms with Crippen LogP contribution in [0.25, 0.3) is 0 Å². The highest BCUT2D eigenvalue weighted by Crippen LogP contribution is 2.28. The van der Waals surface area contributed by atoms with Crippen LogP contribution in [0.4, 0.5) is 11.5 Å². The topological polar surface area (TPSA) is 51.4 Å². The number of pyridine rings is 1. The van der Waals surface area contributed by atoms with Gasteiger partial charge in [0.25, 0.3) is 0 Å². The maximum Gasteiger partial charge on any atom is 0.239 e. The summed E-state index contributed by atoms with van der Waals surface area (Å²) in [7, 11) is 2.10. The number of nitrogens with two attached hydrogens (primary N) is 1. The highest BCUT2D eigenvalue weighted by Gasteiger charge is 2.21. The lowest BCUT2D eigenvalue weighted by molar-refractivity contribution is 0.307. The molecule has 1 atom stereocenters. The minimum absolute atomic E-state index is 0.562. The summed E-state index contributed by atoms with van der Waals surface area (Å²) < 4.78 is 5.57. The number of hydrogen-bond donors (Lipinski definition) is 1. The molecule has 18 heavy (non-hydrogen) atoms. The first kappa shape index (κ1) is 13.3. The molecular formula is C13H21N3OS. The normalized spacial score (nSPS) is 18.9. The van der Waals surface area contributed by atoms with Gasteiger partial charge in [0.15, 0.2) is 0 Å². The number of thioether (sulfide) groups is 1. The van der Waals surface area contributed by atoms with E-state index in [0.717, 1.165) is 12.2 Å². The van der Waals surface area contributed by atoms with Crippen LogP contribution in [0.5, 0.6) is 5.88 Å². The Morgan fingerprint density at radius 3 is 3.06 bits per heavy atom. The van der Waals surface area contributed by atoms with Crippen LogP contribution in [-0.4, -0.2) is 36.2 Å². The molecule has 2 N–H and O–H groups in total.